The summed E-state index contributed by atoms with van der Waals surface area (Å²) in [5.74, 6) is 1.03. The fourth-order valence-electron chi connectivity index (χ4n) is 8.12. The van der Waals surface area contributed by atoms with Gasteiger partial charge in [0.25, 0.3) is 0 Å². The maximum absolute atomic E-state index is 12.9. The van der Waals surface area contributed by atoms with Gasteiger partial charge in [0.05, 0.1) is 29.5 Å². The first-order valence-electron chi connectivity index (χ1n) is 16.6. The lowest BCUT2D eigenvalue weighted by Crippen LogP contribution is -2.66. The molecule has 3 aliphatic carbocycles. The molecule has 4 N–H and O–H groups in total. The van der Waals surface area contributed by atoms with Gasteiger partial charge in [0.1, 0.15) is 0 Å². The molecule has 1 heterocycles. The number of hydrogen-bond donors (Lipinski definition) is 4. The number of hydrogen-bond acceptors (Lipinski definition) is 7. The number of carbonyl (C=O) groups excluding carboxylic acids is 1. The second-order valence-corrected chi connectivity index (χ2v) is 14.2. The third-order valence-corrected chi connectivity index (χ3v) is 10.9. The Morgan fingerprint density at radius 2 is 1.90 bits per heavy atom. The van der Waals surface area contributed by atoms with E-state index in [1.807, 2.05) is 21.0 Å². The number of rotatable bonds is 12. The van der Waals surface area contributed by atoms with Crippen LogP contribution >= 0.6 is 11.6 Å². The molecule has 0 spiro atoms. The first-order valence-corrected chi connectivity index (χ1v) is 17.1. The molecule has 41 heavy (non-hydrogen) atoms. The van der Waals surface area contributed by atoms with Crippen LogP contribution in [-0.4, -0.2) is 92.3 Å². The average Bonchev–Trinajstić information content (AvgIpc) is 2.95. The van der Waals surface area contributed by atoms with Gasteiger partial charge in [0.15, 0.2) is 0 Å². The van der Waals surface area contributed by atoms with Crippen molar-refractivity contribution in [2.45, 2.75) is 139 Å². The minimum atomic E-state index is -0.104. The van der Waals surface area contributed by atoms with Gasteiger partial charge in [0.2, 0.25) is 5.91 Å². The van der Waals surface area contributed by atoms with E-state index in [1.54, 1.807) is 0 Å². The van der Waals surface area contributed by atoms with E-state index < -0.39 is 0 Å². The number of alkyl halides is 1. The number of ether oxygens (including phenoxy) is 1. The molecule has 0 radical (unpaired) electrons. The minimum Gasteiger partial charge on any atom is -0.376 e. The molecule has 9 heteroatoms. The van der Waals surface area contributed by atoms with E-state index >= 15 is 0 Å². The number of amides is 1. The molecule has 0 aromatic rings. The molecule has 8 nitrogen and oxygen atoms in total. The summed E-state index contributed by atoms with van der Waals surface area (Å²) in [5.41, 5.74) is 0. The van der Waals surface area contributed by atoms with Gasteiger partial charge in [-0.2, -0.15) is 5.26 Å². The highest BCUT2D eigenvalue weighted by Crippen LogP contribution is 2.37. The van der Waals surface area contributed by atoms with Crippen LogP contribution < -0.4 is 21.3 Å². The Labute approximate surface area is 254 Å². The quantitative estimate of drug-likeness (QED) is 0.256. The van der Waals surface area contributed by atoms with Crippen LogP contribution in [0.2, 0.25) is 0 Å². The van der Waals surface area contributed by atoms with E-state index in [9.17, 15) is 10.1 Å². The molecule has 10 unspecified atom stereocenters. The number of piperidine rings is 1. The summed E-state index contributed by atoms with van der Waals surface area (Å²) in [6.45, 7) is 6.60. The predicted octanol–water partition coefficient (Wildman–Crippen LogP) is 3.78. The van der Waals surface area contributed by atoms with Crippen LogP contribution in [0.5, 0.6) is 0 Å². The van der Waals surface area contributed by atoms with Crippen molar-refractivity contribution in [2.24, 2.45) is 17.8 Å². The zero-order valence-electron chi connectivity index (χ0n) is 26.0. The van der Waals surface area contributed by atoms with Gasteiger partial charge in [-0.05, 0) is 97.7 Å². The molecule has 0 aromatic carbocycles. The summed E-state index contributed by atoms with van der Waals surface area (Å²) in [6.07, 6.45) is 12.9. The number of fused-ring (bicyclic) bond motifs is 1. The Hall–Kier alpha value is -0.950. The number of nitriles is 1. The monoisotopic (exact) mass is 592 g/mol. The normalized spacial score (nSPS) is 37.2. The van der Waals surface area contributed by atoms with Crippen molar-refractivity contribution >= 4 is 17.5 Å². The van der Waals surface area contributed by atoms with E-state index in [0.29, 0.717) is 37.7 Å². The lowest BCUT2D eigenvalue weighted by atomic mass is 9.69. The first kappa shape index (κ1) is 33.0. The highest BCUT2D eigenvalue weighted by Gasteiger charge is 2.47. The van der Waals surface area contributed by atoms with Crippen LogP contribution in [0.4, 0.5) is 0 Å². The topological polar surface area (TPSA) is 101 Å². The van der Waals surface area contributed by atoms with Crippen molar-refractivity contribution in [1.29, 1.82) is 5.26 Å². The Balaban J connectivity index is 1.35. The molecule has 1 saturated heterocycles. The highest BCUT2D eigenvalue weighted by molar-refractivity contribution is 6.21. The second kappa shape index (κ2) is 16.2. The van der Waals surface area contributed by atoms with Crippen LogP contribution in [0.25, 0.3) is 0 Å². The third-order valence-electron chi connectivity index (χ3n) is 10.4. The number of carbonyl (C=O) groups is 1. The molecule has 10 atom stereocenters. The SMILES string of the molecule is CCOC1CC2NCC(C#N)C(NC3CCC(NC(C)C4CCCCC4)C(Cl)C3)C2CC1NC(=O)CCCN(C)C. The molecule has 4 fully saturated rings. The number of nitrogens with zero attached hydrogens (tertiary/aromatic N) is 2. The Bertz CT molecular complexity index is 849. The second-order valence-electron chi connectivity index (χ2n) is 13.6. The molecule has 4 rings (SSSR count). The minimum absolute atomic E-state index is 0.00859. The third kappa shape index (κ3) is 9.27. The molecule has 3 saturated carbocycles. The summed E-state index contributed by atoms with van der Waals surface area (Å²) in [5, 5.41) is 25.1. The molecule has 4 aliphatic rings. The molecular formula is C32H57ClN6O2. The van der Waals surface area contributed by atoms with Gasteiger partial charge in [-0.15, -0.1) is 11.6 Å². The van der Waals surface area contributed by atoms with Crippen LogP contribution in [-0.2, 0) is 9.53 Å². The summed E-state index contributed by atoms with van der Waals surface area (Å²) in [4.78, 5) is 15.0. The van der Waals surface area contributed by atoms with E-state index in [1.165, 1.54) is 32.1 Å². The van der Waals surface area contributed by atoms with E-state index in [2.05, 4.69) is 39.2 Å². The number of halogens is 1. The van der Waals surface area contributed by atoms with Crippen molar-refractivity contribution in [3.8, 4) is 6.07 Å². The molecule has 1 aliphatic heterocycles. The lowest BCUT2D eigenvalue weighted by molar-refractivity contribution is -0.124. The van der Waals surface area contributed by atoms with Crippen LogP contribution in [0.3, 0.4) is 0 Å². The van der Waals surface area contributed by atoms with Gasteiger partial charge in [-0.25, -0.2) is 0 Å². The zero-order valence-corrected chi connectivity index (χ0v) is 26.8. The smallest absolute Gasteiger partial charge is 0.220 e. The zero-order chi connectivity index (χ0) is 29.4. The summed E-state index contributed by atoms with van der Waals surface area (Å²) in [6, 6.07) is 4.11. The fourth-order valence-corrected chi connectivity index (χ4v) is 8.53. The maximum atomic E-state index is 12.9. The maximum Gasteiger partial charge on any atom is 0.220 e. The van der Waals surface area contributed by atoms with Crippen LogP contribution in [0.1, 0.15) is 90.9 Å². The van der Waals surface area contributed by atoms with E-state index in [0.717, 1.165) is 51.0 Å². The van der Waals surface area contributed by atoms with Crippen molar-refractivity contribution in [3.63, 3.8) is 0 Å². The van der Waals surface area contributed by atoms with Crippen molar-refractivity contribution in [3.05, 3.63) is 0 Å². The van der Waals surface area contributed by atoms with Crippen molar-refractivity contribution < 1.29 is 9.53 Å². The standard InChI is InChI=1S/C32H57ClN6O2/c1-5-41-30-18-28-25(17-29(30)38-31(40)12-9-15-39(3)4)32(23(19-34)20-35-28)37-24-13-14-27(26(33)16-24)36-21(2)22-10-7-6-8-11-22/h21-30,32,35-37H,5-18,20H2,1-4H3,(H,38,40). The van der Waals surface area contributed by atoms with Crippen LogP contribution in [0, 0.1) is 29.1 Å². The number of nitrogens with one attached hydrogen (secondary N) is 4. The Morgan fingerprint density at radius 3 is 2.59 bits per heavy atom. The molecule has 234 valence electrons. The Morgan fingerprint density at radius 1 is 1.12 bits per heavy atom. The molecule has 0 aromatic heterocycles. The first-order chi connectivity index (χ1) is 19.8. The lowest BCUT2D eigenvalue weighted by Gasteiger charge is -2.50. The van der Waals surface area contributed by atoms with Crippen molar-refractivity contribution in [2.75, 3.05) is 33.8 Å². The largest absolute Gasteiger partial charge is 0.376 e. The van der Waals surface area contributed by atoms with Crippen molar-refractivity contribution in [1.82, 2.24) is 26.2 Å². The molecular weight excluding hydrogens is 536 g/mol. The van der Waals surface area contributed by atoms with E-state index in [4.69, 9.17) is 16.3 Å². The van der Waals surface area contributed by atoms with Gasteiger partial charge < -0.3 is 30.9 Å². The Kier molecular flexibility index (Phi) is 13.0. The molecule has 0 bridgehead atoms. The highest BCUT2D eigenvalue weighted by atomic mass is 35.5. The summed E-state index contributed by atoms with van der Waals surface area (Å²) in [7, 11) is 4.07. The van der Waals surface area contributed by atoms with E-state index in [-0.39, 0.29) is 47.3 Å². The average molecular weight is 593 g/mol. The summed E-state index contributed by atoms with van der Waals surface area (Å²) >= 11 is 7.03. The van der Waals surface area contributed by atoms with Gasteiger partial charge in [-0.3, -0.25) is 4.79 Å². The van der Waals surface area contributed by atoms with Gasteiger partial charge in [0, 0.05) is 49.8 Å². The van der Waals surface area contributed by atoms with Gasteiger partial charge in [-0.1, -0.05) is 19.3 Å². The summed E-state index contributed by atoms with van der Waals surface area (Å²) < 4.78 is 6.15. The van der Waals surface area contributed by atoms with Gasteiger partial charge >= 0.3 is 0 Å². The predicted molar refractivity (Wildman–Crippen MR) is 166 cm³/mol. The molecule has 1 amide bonds. The van der Waals surface area contributed by atoms with Crippen LogP contribution in [0.15, 0.2) is 0 Å². The fraction of sp³-hybridized carbons (Fsp3) is 0.938.